The smallest absolute Gasteiger partial charge is 0.269 e. The lowest BCUT2D eigenvalue weighted by atomic mass is 10.1. The molecule has 1 aromatic carbocycles. The SMILES string of the molecule is Cc1cc(C)cc(NC(=O)Cc2csc(NC(=O)C3C=CC(=O)N=C3)n2)c1. The Labute approximate surface area is 160 Å². The number of nitrogens with one attached hydrogen (secondary N) is 2. The van der Waals surface area contributed by atoms with E-state index >= 15 is 0 Å². The Morgan fingerprint density at radius 3 is 2.56 bits per heavy atom. The summed E-state index contributed by atoms with van der Waals surface area (Å²) >= 11 is 1.24. The van der Waals surface area contributed by atoms with E-state index in [0.29, 0.717) is 10.8 Å². The zero-order valence-electron chi connectivity index (χ0n) is 14.9. The third-order valence-electron chi connectivity index (χ3n) is 3.74. The summed E-state index contributed by atoms with van der Waals surface area (Å²) in [6.07, 6.45) is 4.15. The van der Waals surface area contributed by atoms with Crippen molar-refractivity contribution in [3.05, 3.63) is 52.6 Å². The van der Waals surface area contributed by atoms with Crippen LogP contribution in [0, 0.1) is 19.8 Å². The van der Waals surface area contributed by atoms with Gasteiger partial charge in [0.25, 0.3) is 5.91 Å². The summed E-state index contributed by atoms with van der Waals surface area (Å²) in [5.74, 6) is -1.50. The molecule has 3 amide bonds. The number of rotatable bonds is 5. The van der Waals surface area contributed by atoms with Gasteiger partial charge in [-0.2, -0.15) is 0 Å². The van der Waals surface area contributed by atoms with E-state index in [1.54, 1.807) is 5.38 Å². The molecule has 0 bridgehead atoms. The number of hydrogen-bond donors (Lipinski definition) is 2. The molecule has 2 heterocycles. The molecular weight excluding hydrogens is 364 g/mol. The molecule has 1 atom stereocenters. The molecule has 1 aliphatic rings. The van der Waals surface area contributed by atoms with Crippen molar-refractivity contribution >= 4 is 46.1 Å². The first-order valence-corrected chi connectivity index (χ1v) is 9.17. The van der Waals surface area contributed by atoms with Crippen LogP contribution in [-0.2, 0) is 20.8 Å². The van der Waals surface area contributed by atoms with Crippen LogP contribution in [-0.4, -0.2) is 28.9 Å². The van der Waals surface area contributed by atoms with Crippen LogP contribution in [0.3, 0.4) is 0 Å². The minimum atomic E-state index is -0.608. The number of aliphatic imine (C=N–C) groups is 1. The molecule has 1 unspecified atom stereocenters. The topological polar surface area (TPSA) is 101 Å². The second kappa shape index (κ2) is 8.05. The zero-order valence-corrected chi connectivity index (χ0v) is 15.7. The van der Waals surface area contributed by atoms with Gasteiger partial charge >= 0.3 is 0 Å². The molecule has 7 nitrogen and oxygen atoms in total. The highest BCUT2D eigenvalue weighted by Crippen LogP contribution is 2.18. The Kier molecular flexibility index (Phi) is 5.56. The van der Waals surface area contributed by atoms with Gasteiger partial charge in [-0.15, -0.1) is 11.3 Å². The number of benzene rings is 1. The normalized spacial score (nSPS) is 15.6. The van der Waals surface area contributed by atoms with Crippen LogP contribution in [0.15, 0.2) is 40.7 Å². The standard InChI is InChI=1S/C19H18N4O3S/c1-11-5-12(2)7-14(6-11)21-17(25)8-15-10-27-19(22-15)23-18(26)13-3-4-16(24)20-9-13/h3-7,9-10,13H,8H2,1-2H3,(H,21,25)(H,22,23,26). The van der Waals surface area contributed by atoms with E-state index in [2.05, 4.69) is 20.6 Å². The fourth-order valence-electron chi connectivity index (χ4n) is 2.64. The van der Waals surface area contributed by atoms with Crippen molar-refractivity contribution < 1.29 is 14.4 Å². The van der Waals surface area contributed by atoms with Gasteiger partial charge in [0.2, 0.25) is 11.8 Å². The Balaban J connectivity index is 1.56. The van der Waals surface area contributed by atoms with Gasteiger partial charge < -0.3 is 10.6 Å². The minimum absolute atomic E-state index is 0.110. The summed E-state index contributed by atoms with van der Waals surface area (Å²) in [6.45, 7) is 3.94. The summed E-state index contributed by atoms with van der Waals surface area (Å²) < 4.78 is 0. The number of aryl methyl sites for hydroxylation is 2. The van der Waals surface area contributed by atoms with Crippen molar-refractivity contribution in [2.24, 2.45) is 10.9 Å². The second-order valence-corrected chi connectivity index (χ2v) is 7.09. The van der Waals surface area contributed by atoms with Gasteiger partial charge in [-0.3, -0.25) is 14.4 Å². The van der Waals surface area contributed by atoms with Gasteiger partial charge in [0.1, 0.15) is 0 Å². The third kappa shape index (κ3) is 5.18. The molecule has 27 heavy (non-hydrogen) atoms. The van der Waals surface area contributed by atoms with Gasteiger partial charge in [0, 0.05) is 23.4 Å². The summed E-state index contributed by atoms with van der Waals surface area (Å²) in [5.41, 5.74) is 3.47. The molecule has 0 saturated heterocycles. The number of amides is 3. The number of carbonyl (C=O) groups excluding carboxylic acids is 3. The molecule has 3 rings (SSSR count). The van der Waals surface area contributed by atoms with Gasteiger partial charge in [0.15, 0.2) is 5.13 Å². The van der Waals surface area contributed by atoms with E-state index in [0.717, 1.165) is 16.8 Å². The number of anilines is 2. The maximum atomic E-state index is 12.2. The van der Waals surface area contributed by atoms with Crippen molar-refractivity contribution in [1.82, 2.24) is 4.98 Å². The molecule has 0 fully saturated rings. The molecule has 138 valence electrons. The van der Waals surface area contributed by atoms with Gasteiger partial charge in [0.05, 0.1) is 18.0 Å². The predicted molar refractivity (Wildman–Crippen MR) is 105 cm³/mol. The Morgan fingerprint density at radius 1 is 1.15 bits per heavy atom. The van der Waals surface area contributed by atoms with E-state index in [1.807, 2.05) is 32.0 Å². The van der Waals surface area contributed by atoms with Crippen LogP contribution in [0.5, 0.6) is 0 Å². The highest BCUT2D eigenvalue weighted by molar-refractivity contribution is 7.14. The summed E-state index contributed by atoms with van der Waals surface area (Å²) in [7, 11) is 0. The summed E-state index contributed by atoms with van der Waals surface area (Å²) in [5, 5.41) is 7.65. The average molecular weight is 382 g/mol. The average Bonchev–Trinajstić information content (AvgIpc) is 3.01. The first-order valence-electron chi connectivity index (χ1n) is 8.29. The van der Waals surface area contributed by atoms with Crippen molar-refractivity contribution in [3.63, 3.8) is 0 Å². The second-order valence-electron chi connectivity index (χ2n) is 6.24. The number of thiazole rings is 1. The molecular formula is C19H18N4O3S. The Hall–Kier alpha value is -3.13. The van der Waals surface area contributed by atoms with Crippen molar-refractivity contribution in [2.75, 3.05) is 10.6 Å². The molecule has 0 radical (unpaired) electrons. The van der Waals surface area contributed by atoms with Crippen LogP contribution in [0.4, 0.5) is 10.8 Å². The first-order chi connectivity index (χ1) is 12.9. The quantitative estimate of drug-likeness (QED) is 0.830. The van der Waals surface area contributed by atoms with Crippen molar-refractivity contribution in [2.45, 2.75) is 20.3 Å². The van der Waals surface area contributed by atoms with Crippen LogP contribution in [0.2, 0.25) is 0 Å². The molecule has 1 aliphatic heterocycles. The maximum absolute atomic E-state index is 12.2. The number of aromatic nitrogens is 1. The number of carbonyl (C=O) groups is 3. The summed E-state index contributed by atoms with van der Waals surface area (Å²) in [4.78, 5) is 43.2. The minimum Gasteiger partial charge on any atom is -0.326 e. The fraction of sp³-hybridized carbons (Fsp3) is 0.211. The molecule has 2 aromatic rings. The molecule has 0 saturated carbocycles. The van der Waals surface area contributed by atoms with Crippen LogP contribution in [0.1, 0.15) is 16.8 Å². The van der Waals surface area contributed by atoms with Gasteiger partial charge in [-0.25, -0.2) is 9.98 Å². The highest BCUT2D eigenvalue weighted by atomic mass is 32.1. The lowest BCUT2D eigenvalue weighted by molar-refractivity contribution is -0.117. The molecule has 8 heteroatoms. The van der Waals surface area contributed by atoms with Gasteiger partial charge in [-0.05, 0) is 37.1 Å². The highest BCUT2D eigenvalue weighted by Gasteiger charge is 2.18. The van der Waals surface area contributed by atoms with E-state index in [-0.39, 0.29) is 24.1 Å². The number of hydrogen-bond acceptors (Lipinski definition) is 5. The lowest BCUT2D eigenvalue weighted by Gasteiger charge is -2.08. The molecule has 2 N–H and O–H groups in total. The van der Waals surface area contributed by atoms with E-state index < -0.39 is 5.92 Å². The molecule has 0 spiro atoms. The Bertz CT molecular complexity index is 925. The van der Waals surface area contributed by atoms with E-state index in [1.165, 1.54) is 29.7 Å². The monoisotopic (exact) mass is 382 g/mol. The molecule has 1 aromatic heterocycles. The maximum Gasteiger partial charge on any atom is 0.269 e. The third-order valence-corrected chi connectivity index (χ3v) is 4.55. The zero-order chi connectivity index (χ0) is 19.4. The van der Waals surface area contributed by atoms with E-state index in [4.69, 9.17) is 0 Å². The van der Waals surface area contributed by atoms with Crippen LogP contribution in [0.25, 0.3) is 0 Å². The van der Waals surface area contributed by atoms with E-state index in [9.17, 15) is 14.4 Å². The molecule has 0 aliphatic carbocycles. The van der Waals surface area contributed by atoms with Crippen molar-refractivity contribution in [1.29, 1.82) is 0 Å². The van der Waals surface area contributed by atoms with Crippen molar-refractivity contribution in [3.8, 4) is 0 Å². The van der Waals surface area contributed by atoms with Gasteiger partial charge in [-0.1, -0.05) is 12.1 Å². The fourth-order valence-corrected chi connectivity index (χ4v) is 3.35. The number of dihydropyridines is 1. The van der Waals surface area contributed by atoms with Crippen LogP contribution < -0.4 is 10.6 Å². The summed E-state index contributed by atoms with van der Waals surface area (Å²) in [6, 6.07) is 5.84. The lowest BCUT2D eigenvalue weighted by Crippen LogP contribution is -2.24. The first kappa shape index (κ1) is 18.7. The Morgan fingerprint density at radius 2 is 1.89 bits per heavy atom. The number of nitrogens with zero attached hydrogens (tertiary/aromatic N) is 2. The van der Waals surface area contributed by atoms with Crippen LogP contribution >= 0.6 is 11.3 Å². The predicted octanol–water partition coefficient (Wildman–Crippen LogP) is 2.66. The largest absolute Gasteiger partial charge is 0.326 e.